The highest BCUT2D eigenvalue weighted by atomic mass is 16.5. The van der Waals surface area contributed by atoms with E-state index in [1.165, 1.54) is 0 Å². The van der Waals surface area contributed by atoms with Crippen LogP contribution >= 0.6 is 0 Å². The molecule has 0 aliphatic carbocycles. The molecule has 1 aliphatic heterocycles. The van der Waals surface area contributed by atoms with E-state index in [-0.39, 0.29) is 19.1 Å². The number of carbonyl (C=O) groups is 1. The lowest BCUT2D eigenvalue weighted by atomic mass is 10.1. The third-order valence-electron chi connectivity index (χ3n) is 4.46. The predicted octanol–water partition coefficient (Wildman–Crippen LogP) is 2.35. The van der Waals surface area contributed by atoms with Gasteiger partial charge in [0, 0.05) is 24.5 Å². The van der Waals surface area contributed by atoms with Gasteiger partial charge in [0.05, 0.1) is 6.54 Å². The highest BCUT2D eigenvalue weighted by Gasteiger charge is 2.39. The fraction of sp³-hybridized carbons (Fsp3) is 0.368. The fourth-order valence-corrected chi connectivity index (χ4v) is 2.96. The van der Waals surface area contributed by atoms with Crippen LogP contribution in [0.5, 0.6) is 5.75 Å². The number of aromatic nitrogens is 1. The highest BCUT2D eigenvalue weighted by Crippen LogP contribution is 2.26. The summed E-state index contributed by atoms with van der Waals surface area (Å²) in [5.41, 5.74) is 1.49. The van der Waals surface area contributed by atoms with E-state index >= 15 is 0 Å². The van der Waals surface area contributed by atoms with Crippen LogP contribution in [-0.2, 0) is 0 Å². The topological polar surface area (TPSA) is 62.7 Å². The zero-order chi connectivity index (χ0) is 17.2. The van der Waals surface area contributed by atoms with Crippen molar-refractivity contribution >= 4 is 5.91 Å². The van der Waals surface area contributed by atoms with Gasteiger partial charge in [0.2, 0.25) is 0 Å². The molecule has 1 saturated heterocycles. The lowest BCUT2D eigenvalue weighted by Crippen LogP contribution is -2.40. The van der Waals surface area contributed by atoms with Gasteiger partial charge < -0.3 is 14.7 Å². The van der Waals surface area contributed by atoms with Crippen molar-refractivity contribution in [3.8, 4) is 5.75 Å². The first-order valence-corrected chi connectivity index (χ1v) is 8.09. The summed E-state index contributed by atoms with van der Waals surface area (Å²) in [6.45, 7) is 4.81. The average Bonchev–Trinajstić information content (AvgIpc) is 2.97. The fourth-order valence-electron chi connectivity index (χ4n) is 2.96. The van der Waals surface area contributed by atoms with Crippen molar-refractivity contribution in [1.82, 2.24) is 9.88 Å². The lowest BCUT2D eigenvalue weighted by molar-refractivity contribution is 0.00412. The summed E-state index contributed by atoms with van der Waals surface area (Å²) < 4.78 is 5.78. The van der Waals surface area contributed by atoms with Crippen LogP contribution in [0.15, 0.2) is 42.7 Å². The largest absolute Gasteiger partial charge is 0.490 e. The SMILES string of the molecule is Cc1ccccc1OC[C@]1(O)CCN(C(=O)c2ccncc2C)C1. The van der Waals surface area contributed by atoms with Gasteiger partial charge in [-0.1, -0.05) is 18.2 Å². The number of hydrogen-bond acceptors (Lipinski definition) is 4. The zero-order valence-electron chi connectivity index (χ0n) is 14.0. The van der Waals surface area contributed by atoms with E-state index in [1.807, 2.05) is 38.1 Å². The number of pyridine rings is 1. The first kappa shape index (κ1) is 16.5. The second-order valence-corrected chi connectivity index (χ2v) is 6.45. The molecule has 5 heteroatoms. The highest BCUT2D eigenvalue weighted by molar-refractivity contribution is 5.95. The number of aliphatic hydroxyl groups is 1. The van der Waals surface area contributed by atoms with Crippen LogP contribution in [0.4, 0.5) is 0 Å². The first-order valence-electron chi connectivity index (χ1n) is 8.09. The Labute approximate surface area is 141 Å². The third-order valence-corrected chi connectivity index (χ3v) is 4.46. The van der Waals surface area contributed by atoms with E-state index < -0.39 is 5.60 Å². The summed E-state index contributed by atoms with van der Waals surface area (Å²) in [5.74, 6) is 0.697. The Morgan fingerprint density at radius 3 is 2.83 bits per heavy atom. The van der Waals surface area contributed by atoms with Crippen LogP contribution in [0, 0.1) is 13.8 Å². The van der Waals surface area contributed by atoms with Crippen LogP contribution in [0.25, 0.3) is 0 Å². The number of amides is 1. The molecule has 0 bridgehead atoms. The van der Waals surface area contributed by atoms with E-state index in [2.05, 4.69) is 4.98 Å². The molecule has 1 aromatic heterocycles. The number of hydrogen-bond donors (Lipinski definition) is 1. The Morgan fingerprint density at radius 2 is 2.08 bits per heavy atom. The van der Waals surface area contributed by atoms with Gasteiger partial charge in [-0.25, -0.2) is 0 Å². The number of benzene rings is 1. The number of para-hydroxylation sites is 1. The molecule has 5 nitrogen and oxygen atoms in total. The van der Waals surface area contributed by atoms with Gasteiger partial charge in [0.25, 0.3) is 5.91 Å². The van der Waals surface area contributed by atoms with Gasteiger partial charge >= 0.3 is 0 Å². The standard InChI is InChI=1S/C19H22N2O3/c1-14-5-3-4-6-17(14)24-13-19(23)8-10-21(12-19)18(22)16-7-9-20-11-15(16)2/h3-7,9,11,23H,8,10,12-13H2,1-2H3/t19-/m0/s1. The number of nitrogens with zero attached hydrogens (tertiary/aromatic N) is 2. The molecular weight excluding hydrogens is 304 g/mol. The van der Waals surface area contributed by atoms with E-state index in [0.717, 1.165) is 16.9 Å². The monoisotopic (exact) mass is 326 g/mol. The van der Waals surface area contributed by atoms with Crippen molar-refractivity contribution in [2.45, 2.75) is 25.9 Å². The van der Waals surface area contributed by atoms with Gasteiger partial charge in [-0.3, -0.25) is 9.78 Å². The van der Waals surface area contributed by atoms with Gasteiger partial charge in [-0.05, 0) is 43.5 Å². The molecule has 1 aliphatic rings. The van der Waals surface area contributed by atoms with Crippen LogP contribution < -0.4 is 4.74 Å². The Morgan fingerprint density at radius 1 is 1.29 bits per heavy atom. The minimum Gasteiger partial charge on any atom is -0.490 e. The average molecular weight is 326 g/mol. The number of carbonyl (C=O) groups excluding carboxylic acids is 1. The maximum atomic E-state index is 12.6. The molecule has 1 fully saturated rings. The minimum atomic E-state index is -1.02. The van der Waals surface area contributed by atoms with E-state index in [4.69, 9.17) is 4.74 Å². The van der Waals surface area contributed by atoms with Crippen molar-refractivity contribution in [2.75, 3.05) is 19.7 Å². The number of aryl methyl sites for hydroxylation is 2. The minimum absolute atomic E-state index is 0.0679. The molecule has 0 spiro atoms. The number of likely N-dealkylation sites (tertiary alicyclic amines) is 1. The second kappa shape index (κ2) is 6.61. The number of ether oxygens (including phenoxy) is 1. The van der Waals surface area contributed by atoms with E-state index in [1.54, 1.807) is 23.4 Å². The molecule has 24 heavy (non-hydrogen) atoms. The van der Waals surface area contributed by atoms with Gasteiger partial charge in [-0.15, -0.1) is 0 Å². The van der Waals surface area contributed by atoms with Crippen molar-refractivity contribution in [3.05, 3.63) is 59.4 Å². The second-order valence-electron chi connectivity index (χ2n) is 6.45. The number of β-amino-alcohol motifs (C(OH)–C–C–N with tert-alkyl or cyclic N) is 1. The maximum absolute atomic E-state index is 12.6. The molecule has 3 rings (SSSR count). The third kappa shape index (κ3) is 3.41. The van der Waals surface area contributed by atoms with Crippen molar-refractivity contribution in [3.63, 3.8) is 0 Å². The Kier molecular flexibility index (Phi) is 4.53. The van der Waals surface area contributed by atoms with Crippen molar-refractivity contribution < 1.29 is 14.6 Å². The van der Waals surface area contributed by atoms with Crippen molar-refractivity contribution in [2.24, 2.45) is 0 Å². The molecular formula is C19H22N2O3. The molecule has 1 amide bonds. The summed E-state index contributed by atoms with van der Waals surface area (Å²) in [6.07, 6.45) is 3.80. The van der Waals surface area contributed by atoms with Crippen LogP contribution in [0.2, 0.25) is 0 Å². The normalized spacial score (nSPS) is 20.2. The Balaban J connectivity index is 1.65. The number of rotatable bonds is 4. The summed E-state index contributed by atoms with van der Waals surface area (Å²) in [4.78, 5) is 18.3. The molecule has 0 unspecified atom stereocenters. The van der Waals surface area contributed by atoms with Gasteiger partial charge in [-0.2, -0.15) is 0 Å². The molecule has 0 saturated carbocycles. The van der Waals surface area contributed by atoms with Crippen LogP contribution in [0.1, 0.15) is 27.9 Å². The summed E-state index contributed by atoms with van der Waals surface area (Å²) in [7, 11) is 0. The zero-order valence-corrected chi connectivity index (χ0v) is 14.0. The smallest absolute Gasteiger partial charge is 0.254 e. The molecule has 126 valence electrons. The van der Waals surface area contributed by atoms with Gasteiger partial charge in [0.15, 0.2) is 0 Å². The summed E-state index contributed by atoms with van der Waals surface area (Å²) in [5, 5.41) is 10.7. The molecule has 0 radical (unpaired) electrons. The summed E-state index contributed by atoms with van der Waals surface area (Å²) >= 11 is 0. The van der Waals surface area contributed by atoms with Crippen LogP contribution in [-0.4, -0.2) is 46.2 Å². The van der Waals surface area contributed by atoms with Crippen molar-refractivity contribution in [1.29, 1.82) is 0 Å². The molecule has 1 N–H and O–H groups in total. The quantitative estimate of drug-likeness (QED) is 0.937. The lowest BCUT2D eigenvalue weighted by Gasteiger charge is -2.24. The van der Waals surface area contributed by atoms with E-state index in [9.17, 15) is 9.90 Å². The summed E-state index contributed by atoms with van der Waals surface area (Å²) in [6, 6.07) is 9.43. The van der Waals surface area contributed by atoms with Crippen LogP contribution in [0.3, 0.4) is 0 Å². The molecule has 1 aromatic carbocycles. The molecule has 1 atom stereocenters. The van der Waals surface area contributed by atoms with E-state index in [0.29, 0.717) is 18.5 Å². The van der Waals surface area contributed by atoms with Gasteiger partial charge in [0.1, 0.15) is 18.0 Å². The maximum Gasteiger partial charge on any atom is 0.254 e. The Hall–Kier alpha value is -2.40. The Bertz CT molecular complexity index is 747. The molecule has 2 aromatic rings. The predicted molar refractivity (Wildman–Crippen MR) is 91.1 cm³/mol. The molecule has 2 heterocycles. The first-order chi connectivity index (χ1) is 11.5.